The van der Waals surface area contributed by atoms with Crippen molar-refractivity contribution in [2.45, 2.75) is 52.0 Å². The SMILES string of the molecule is CCCCCCC(=O)CCn1ccnc1. The van der Waals surface area contributed by atoms with Crippen molar-refractivity contribution in [1.82, 2.24) is 9.55 Å². The van der Waals surface area contributed by atoms with Crippen molar-refractivity contribution in [3.05, 3.63) is 18.7 Å². The molecule has 0 aliphatic heterocycles. The van der Waals surface area contributed by atoms with Crippen LogP contribution in [0.25, 0.3) is 0 Å². The van der Waals surface area contributed by atoms with E-state index in [-0.39, 0.29) is 0 Å². The minimum Gasteiger partial charge on any atom is -0.337 e. The van der Waals surface area contributed by atoms with Gasteiger partial charge < -0.3 is 4.57 Å². The lowest BCUT2D eigenvalue weighted by Gasteiger charge is -2.01. The first-order valence-electron chi connectivity index (χ1n) is 5.80. The predicted octanol–water partition coefficient (Wildman–Crippen LogP) is 2.81. The summed E-state index contributed by atoms with van der Waals surface area (Å²) in [5.41, 5.74) is 0. The molecule has 0 unspecified atom stereocenters. The quantitative estimate of drug-likeness (QED) is 0.616. The molecule has 15 heavy (non-hydrogen) atoms. The Morgan fingerprint density at radius 2 is 2.13 bits per heavy atom. The molecule has 0 atom stereocenters. The molecule has 0 amide bonds. The minimum absolute atomic E-state index is 0.375. The summed E-state index contributed by atoms with van der Waals surface area (Å²) in [5.74, 6) is 0.375. The van der Waals surface area contributed by atoms with Gasteiger partial charge in [-0.3, -0.25) is 4.79 Å². The van der Waals surface area contributed by atoms with E-state index < -0.39 is 0 Å². The van der Waals surface area contributed by atoms with E-state index in [1.807, 2.05) is 10.8 Å². The second-order valence-corrected chi connectivity index (χ2v) is 3.90. The molecule has 0 bridgehead atoms. The second-order valence-electron chi connectivity index (χ2n) is 3.90. The molecule has 0 fully saturated rings. The molecule has 0 aliphatic carbocycles. The highest BCUT2D eigenvalue weighted by Crippen LogP contribution is 2.05. The first kappa shape index (κ1) is 12.0. The Morgan fingerprint density at radius 1 is 1.27 bits per heavy atom. The zero-order chi connectivity index (χ0) is 10.9. The van der Waals surface area contributed by atoms with Gasteiger partial charge in [0.15, 0.2) is 0 Å². The van der Waals surface area contributed by atoms with Crippen LogP contribution in [0.2, 0.25) is 0 Å². The van der Waals surface area contributed by atoms with E-state index in [2.05, 4.69) is 11.9 Å². The number of unbranched alkanes of at least 4 members (excludes halogenated alkanes) is 3. The summed E-state index contributed by atoms with van der Waals surface area (Å²) in [6, 6.07) is 0. The summed E-state index contributed by atoms with van der Waals surface area (Å²) in [5, 5.41) is 0. The third-order valence-corrected chi connectivity index (χ3v) is 2.52. The van der Waals surface area contributed by atoms with Crippen molar-refractivity contribution in [3.63, 3.8) is 0 Å². The highest BCUT2D eigenvalue weighted by molar-refractivity contribution is 5.78. The van der Waals surface area contributed by atoms with Crippen molar-refractivity contribution in [2.75, 3.05) is 0 Å². The number of ketones is 1. The highest BCUT2D eigenvalue weighted by Gasteiger charge is 2.01. The Hall–Kier alpha value is -1.12. The molecule has 1 heterocycles. The highest BCUT2D eigenvalue weighted by atomic mass is 16.1. The van der Waals surface area contributed by atoms with Gasteiger partial charge >= 0.3 is 0 Å². The number of hydrogen-bond acceptors (Lipinski definition) is 2. The number of carbonyl (C=O) groups is 1. The molecule has 0 radical (unpaired) electrons. The summed E-state index contributed by atoms with van der Waals surface area (Å²) in [4.78, 5) is 15.4. The van der Waals surface area contributed by atoms with Gasteiger partial charge in [0.25, 0.3) is 0 Å². The number of Topliss-reactive ketones (excluding diaryl/α,β-unsaturated/α-hetero) is 1. The summed E-state index contributed by atoms with van der Waals surface area (Å²) in [6.45, 7) is 2.95. The number of aromatic nitrogens is 2. The number of hydrogen-bond donors (Lipinski definition) is 0. The Labute approximate surface area is 91.5 Å². The number of nitrogens with zero attached hydrogens (tertiary/aromatic N) is 2. The number of carbonyl (C=O) groups excluding carboxylic acids is 1. The van der Waals surface area contributed by atoms with Crippen LogP contribution in [0.5, 0.6) is 0 Å². The Balaban J connectivity index is 2.04. The van der Waals surface area contributed by atoms with Crippen LogP contribution in [-0.2, 0) is 11.3 Å². The van der Waals surface area contributed by atoms with E-state index in [4.69, 9.17) is 0 Å². The van der Waals surface area contributed by atoms with Crippen LogP contribution in [0.1, 0.15) is 45.4 Å². The Morgan fingerprint density at radius 3 is 2.80 bits per heavy atom. The van der Waals surface area contributed by atoms with Crippen molar-refractivity contribution in [1.29, 1.82) is 0 Å². The summed E-state index contributed by atoms with van der Waals surface area (Å²) in [6.07, 6.45) is 11.5. The molecule has 0 saturated heterocycles. The van der Waals surface area contributed by atoms with Gasteiger partial charge in [-0.15, -0.1) is 0 Å². The summed E-state index contributed by atoms with van der Waals surface area (Å²) >= 11 is 0. The maximum Gasteiger partial charge on any atom is 0.134 e. The average Bonchev–Trinajstić information content (AvgIpc) is 2.74. The van der Waals surface area contributed by atoms with Crippen LogP contribution in [0, 0.1) is 0 Å². The van der Waals surface area contributed by atoms with Crippen molar-refractivity contribution in [2.24, 2.45) is 0 Å². The molecule has 0 N–H and O–H groups in total. The van der Waals surface area contributed by atoms with Gasteiger partial charge in [0.1, 0.15) is 5.78 Å². The lowest BCUT2D eigenvalue weighted by atomic mass is 10.1. The van der Waals surface area contributed by atoms with Crippen LogP contribution in [0.15, 0.2) is 18.7 Å². The maximum atomic E-state index is 11.5. The maximum absolute atomic E-state index is 11.5. The molecule has 1 rings (SSSR count). The van der Waals surface area contributed by atoms with E-state index in [1.165, 1.54) is 19.3 Å². The first-order valence-corrected chi connectivity index (χ1v) is 5.80. The molecule has 0 saturated carbocycles. The van der Waals surface area contributed by atoms with Gasteiger partial charge in [0.2, 0.25) is 0 Å². The van der Waals surface area contributed by atoms with Crippen LogP contribution in [-0.4, -0.2) is 15.3 Å². The fourth-order valence-corrected chi connectivity index (χ4v) is 1.55. The normalized spacial score (nSPS) is 10.5. The molecule has 1 aromatic heterocycles. The molecule has 1 aromatic rings. The van der Waals surface area contributed by atoms with Gasteiger partial charge in [0, 0.05) is 31.8 Å². The van der Waals surface area contributed by atoms with Gasteiger partial charge in [-0.1, -0.05) is 26.2 Å². The molecule has 0 spiro atoms. The molecular weight excluding hydrogens is 188 g/mol. The lowest BCUT2D eigenvalue weighted by Crippen LogP contribution is -2.04. The van der Waals surface area contributed by atoms with Crippen LogP contribution >= 0.6 is 0 Å². The fraction of sp³-hybridized carbons (Fsp3) is 0.667. The molecule has 0 aliphatic rings. The largest absolute Gasteiger partial charge is 0.337 e. The topological polar surface area (TPSA) is 34.9 Å². The van der Waals surface area contributed by atoms with E-state index >= 15 is 0 Å². The number of aryl methyl sites for hydroxylation is 1. The van der Waals surface area contributed by atoms with Gasteiger partial charge in [-0.2, -0.15) is 0 Å². The minimum atomic E-state index is 0.375. The monoisotopic (exact) mass is 208 g/mol. The number of rotatable bonds is 8. The third-order valence-electron chi connectivity index (χ3n) is 2.52. The smallest absolute Gasteiger partial charge is 0.134 e. The van der Waals surface area contributed by atoms with E-state index in [0.29, 0.717) is 12.2 Å². The van der Waals surface area contributed by atoms with Crippen LogP contribution < -0.4 is 0 Å². The van der Waals surface area contributed by atoms with Crippen molar-refractivity contribution >= 4 is 5.78 Å². The molecule has 3 heteroatoms. The van der Waals surface area contributed by atoms with Crippen LogP contribution in [0.3, 0.4) is 0 Å². The number of imidazole rings is 1. The van der Waals surface area contributed by atoms with E-state index in [1.54, 1.807) is 12.5 Å². The second kappa shape index (κ2) is 7.21. The lowest BCUT2D eigenvalue weighted by molar-refractivity contribution is -0.119. The van der Waals surface area contributed by atoms with Gasteiger partial charge in [-0.25, -0.2) is 4.98 Å². The Kier molecular flexibility index (Phi) is 5.74. The van der Waals surface area contributed by atoms with Gasteiger partial charge in [-0.05, 0) is 6.42 Å². The third kappa shape index (κ3) is 5.35. The molecule has 3 nitrogen and oxygen atoms in total. The summed E-state index contributed by atoms with van der Waals surface area (Å²) in [7, 11) is 0. The average molecular weight is 208 g/mol. The zero-order valence-electron chi connectivity index (χ0n) is 9.48. The fourth-order valence-electron chi connectivity index (χ4n) is 1.55. The van der Waals surface area contributed by atoms with Gasteiger partial charge in [0.05, 0.1) is 6.33 Å². The molecule has 0 aromatic carbocycles. The molecule has 84 valence electrons. The zero-order valence-corrected chi connectivity index (χ0v) is 9.48. The van der Waals surface area contributed by atoms with Crippen molar-refractivity contribution < 1.29 is 4.79 Å². The first-order chi connectivity index (χ1) is 7.33. The standard InChI is InChI=1S/C12H20N2O/c1-2-3-4-5-6-12(15)7-9-14-10-8-13-11-14/h8,10-11H,2-7,9H2,1H3. The Bertz CT molecular complexity index is 267. The van der Waals surface area contributed by atoms with Crippen molar-refractivity contribution in [3.8, 4) is 0 Å². The predicted molar refractivity (Wildman–Crippen MR) is 60.6 cm³/mol. The summed E-state index contributed by atoms with van der Waals surface area (Å²) < 4.78 is 1.95. The van der Waals surface area contributed by atoms with Crippen LogP contribution in [0.4, 0.5) is 0 Å². The van der Waals surface area contributed by atoms with E-state index in [0.717, 1.165) is 19.4 Å². The van der Waals surface area contributed by atoms with E-state index in [9.17, 15) is 4.79 Å². The molecular formula is C12H20N2O.